The average molecular weight is 482 g/mol. The van der Waals surface area contributed by atoms with Crippen LogP contribution in [0, 0.1) is 13.8 Å². The van der Waals surface area contributed by atoms with Crippen LogP contribution in [0.5, 0.6) is 0 Å². The number of anilines is 1. The van der Waals surface area contributed by atoms with E-state index in [4.69, 9.17) is 0 Å². The largest absolute Gasteiger partial charge is 0.325 e. The molecule has 0 unspecified atom stereocenters. The van der Waals surface area contributed by atoms with E-state index in [2.05, 4.69) is 15.5 Å². The van der Waals surface area contributed by atoms with Crippen molar-refractivity contribution in [3.8, 4) is 0 Å². The lowest BCUT2D eigenvalue weighted by Gasteiger charge is -2.09. The lowest BCUT2D eigenvalue weighted by Crippen LogP contribution is -2.22. The molecule has 1 N–H and O–H groups in total. The lowest BCUT2D eigenvalue weighted by molar-refractivity contribution is -0.113. The Labute approximate surface area is 195 Å². The van der Waals surface area contributed by atoms with Crippen LogP contribution in [0.3, 0.4) is 0 Å². The van der Waals surface area contributed by atoms with E-state index in [0.717, 1.165) is 21.6 Å². The Morgan fingerprint density at radius 3 is 2.75 bits per heavy atom. The summed E-state index contributed by atoms with van der Waals surface area (Å²) >= 11 is 4.30. The van der Waals surface area contributed by atoms with Crippen molar-refractivity contribution in [2.24, 2.45) is 0 Å². The molecule has 0 aliphatic carbocycles. The van der Waals surface area contributed by atoms with Gasteiger partial charge in [0.1, 0.15) is 4.70 Å². The molecular weight excluding hydrogens is 462 g/mol. The van der Waals surface area contributed by atoms with Gasteiger partial charge in [0.15, 0.2) is 5.16 Å². The molecule has 0 radical (unpaired) electrons. The minimum absolute atomic E-state index is 0.0765. The number of carbonyl (C=O) groups excluding carboxylic acids is 1. The first-order valence-corrected chi connectivity index (χ1v) is 12.6. The molecule has 0 spiro atoms. The number of rotatable bonds is 6. The van der Waals surface area contributed by atoms with Crippen LogP contribution in [0.4, 0.5) is 5.69 Å². The standard InChI is InChI=1S/C22H19N5O2S3/c1-13-5-6-15(10-14(13)2)23-18(28)12-32-22-25-24-21-26(11-16-4-3-8-30-16)20(29)19-17(27(21)22)7-9-31-19/h3-10H,11-12H2,1-2H3,(H,23,28). The van der Waals surface area contributed by atoms with E-state index in [0.29, 0.717) is 22.2 Å². The van der Waals surface area contributed by atoms with Crippen molar-refractivity contribution in [2.45, 2.75) is 25.5 Å². The van der Waals surface area contributed by atoms with Gasteiger partial charge in [-0.05, 0) is 60.0 Å². The van der Waals surface area contributed by atoms with E-state index >= 15 is 0 Å². The zero-order chi connectivity index (χ0) is 22.2. The number of amides is 1. The van der Waals surface area contributed by atoms with Crippen LogP contribution in [0.2, 0.25) is 0 Å². The summed E-state index contributed by atoms with van der Waals surface area (Å²) in [6.45, 7) is 4.49. The van der Waals surface area contributed by atoms with Gasteiger partial charge in [0.2, 0.25) is 11.7 Å². The summed E-state index contributed by atoms with van der Waals surface area (Å²) in [5.74, 6) is 0.540. The summed E-state index contributed by atoms with van der Waals surface area (Å²) in [5.41, 5.74) is 3.77. The molecule has 7 nitrogen and oxygen atoms in total. The highest BCUT2D eigenvalue weighted by Gasteiger charge is 2.19. The highest BCUT2D eigenvalue weighted by atomic mass is 32.2. The highest BCUT2D eigenvalue weighted by Crippen LogP contribution is 2.25. The van der Waals surface area contributed by atoms with Gasteiger partial charge in [-0.2, -0.15) is 0 Å². The Hall–Kier alpha value is -2.95. The summed E-state index contributed by atoms with van der Waals surface area (Å²) in [7, 11) is 0. The summed E-state index contributed by atoms with van der Waals surface area (Å²) in [4.78, 5) is 26.7. The first-order valence-electron chi connectivity index (χ1n) is 9.88. The molecule has 4 heterocycles. The number of fused-ring (bicyclic) bond motifs is 3. The summed E-state index contributed by atoms with van der Waals surface area (Å²) < 4.78 is 4.17. The topological polar surface area (TPSA) is 81.3 Å². The molecule has 0 fully saturated rings. The number of aromatic nitrogens is 4. The fraction of sp³-hybridized carbons (Fsp3) is 0.182. The molecular formula is C22H19N5O2S3. The van der Waals surface area contributed by atoms with Crippen molar-refractivity contribution in [3.05, 3.63) is 73.5 Å². The Balaban J connectivity index is 1.44. The van der Waals surface area contributed by atoms with Gasteiger partial charge in [-0.15, -0.1) is 32.9 Å². The van der Waals surface area contributed by atoms with Crippen LogP contribution < -0.4 is 10.9 Å². The predicted molar refractivity (Wildman–Crippen MR) is 131 cm³/mol. The first-order chi connectivity index (χ1) is 15.5. The summed E-state index contributed by atoms with van der Waals surface area (Å²) in [5, 5.41) is 16.0. The molecule has 1 aromatic carbocycles. The third kappa shape index (κ3) is 3.85. The normalized spacial score (nSPS) is 11.4. The molecule has 5 aromatic rings. The fourth-order valence-electron chi connectivity index (χ4n) is 3.44. The van der Waals surface area contributed by atoms with Gasteiger partial charge in [-0.25, -0.2) is 0 Å². The minimum atomic E-state index is -0.122. The Morgan fingerprint density at radius 1 is 1.09 bits per heavy atom. The van der Waals surface area contributed by atoms with Crippen LogP contribution in [0.1, 0.15) is 16.0 Å². The molecule has 32 heavy (non-hydrogen) atoms. The molecule has 0 bridgehead atoms. The Kier molecular flexibility index (Phi) is 5.58. The maximum atomic E-state index is 13.1. The van der Waals surface area contributed by atoms with Crippen molar-refractivity contribution in [2.75, 3.05) is 11.1 Å². The molecule has 10 heteroatoms. The van der Waals surface area contributed by atoms with Crippen LogP contribution in [0.25, 0.3) is 16.0 Å². The molecule has 4 aromatic heterocycles. The van der Waals surface area contributed by atoms with Crippen molar-refractivity contribution < 1.29 is 4.79 Å². The van der Waals surface area contributed by atoms with Crippen molar-refractivity contribution in [1.29, 1.82) is 0 Å². The van der Waals surface area contributed by atoms with Gasteiger partial charge in [0, 0.05) is 10.6 Å². The zero-order valence-corrected chi connectivity index (χ0v) is 19.8. The van der Waals surface area contributed by atoms with Crippen molar-refractivity contribution in [3.63, 3.8) is 0 Å². The minimum Gasteiger partial charge on any atom is -0.325 e. The number of nitrogens with one attached hydrogen (secondary N) is 1. The smallest absolute Gasteiger partial charge is 0.273 e. The van der Waals surface area contributed by atoms with E-state index in [1.54, 1.807) is 15.9 Å². The lowest BCUT2D eigenvalue weighted by atomic mass is 10.1. The highest BCUT2D eigenvalue weighted by molar-refractivity contribution is 7.99. The van der Waals surface area contributed by atoms with Gasteiger partial charge in [-0.1, -0.05) is 23.9 Å². The van der Waals surface area contributed by atoms with Crippen molar-refractivity contribution >= 4 is 62.0 Å². The Bertz CT molecular complexity index is 1500. The first kappa shape index (κ1) is 20.9. The molecule has 5 rings (SSSR count). The van der Waals surface area contributed by atoms with Gasteiger partial charge in [0.25, 0.3) is 5.56 Å². The van der Waals surface area contributed by atoms with Crippen LogP contribution >= 0.6 is 34.4 Å². The van der Waals surface area contributed by atoms with E-state index in [1.807, 2.05) is 65.4 Å². The zero-order valence-electron chi connectivity index (χ0n) is 17.4. The van der Waals surface area contributed by atoms with Gasteiger partial charge in [-0.3, -0.25) is 18.6 Å². The van der Waals surface area contributed by atoms with E-state index in [1.165, 1.54) is 28.7 Å². The number of thiophene rings is 2. The second kappa shape index (κ2) is 8.53. The SMILES string of the molecule is Cc1ccc(NC(=O)CSc2nnc3n(Cc4cccs4)c(=O)c4sccc4n23)cc1C. The third-order valence-electron chi connectivity index (χ3n) is 5.20. The molecule has 0 saturated carbocycles. The second-order valence-corrected chi connectivity index (χ2v) is 10.3. The van der Waals surface area contributed by atoms with E-state index in [9.17, 15) is 9.59 Å². The van der Waals surface area contributed by atoms with E-state index < -0.39 is 0 Å². The van der Waals surface area contributed by atoms with Crippen LogP contribution in [-0.4, -0.2) is 30.8 Å². The number of benzene rings is 1. The number of aryl methyl sites for hydroxylation is 2. The molecule has 0 aliphatic rings. The van der Waals surface area contributed by atoms with Gasteiger partial charge in [0.05, 0.1) is 17.8 Å². The number of hydrogen-bond donors (Lipinski definition) is 1. The second-order valence-electron chi connectivity index (χ2n) is 7.36. The molecule has 0 aliphatic heterocycles. The van der Waals surface area contributed by atoms with Gasteiger partial charge >= 0.3 is 0 Å². The third-order valence-corrected chi connectivity index (χ3v) is 7.88. The number of thioether (sulfide) groups is 1. The molecule has 1 amide bonds. The maximum absolute atomic E-state index is 13.1. The van der Waals surface area contributed by atoms with Crippen molar-refractivity contribution in [1.82, 2.24) is 19.2 Å². The summed E-state index contributed by atoms with van der Waals surface area (Å²) in [6, 6.07) is 11.7. The number of carbonyl (C=O) groups is 1. The fourth-order valence-corrected chi connectivity index (χ4v) is 5.70. The molecule has 0 saturated heterocycles. The number of hydrogen-bond acceptors (Lipinski definition) is 7. The average Bonchev–Trinajstić information content (AvgIpc) is 3.52. The Morgan fingerprint density at radius 2 is 1.97 bits per heavy atom. The van der Waals surface area contributed by atoms with Crippen LogP contribution in [-0.2, 0) is 11.3 Å². The van der Waals surface area contributed by atoms with E-state index in [-0.39, 0.29) is 17.2 Å². The summed E-state index contributed by atoms with van der Waals surface area (Å²) in [6.07, 6.45) is 0. The number of nitrogens with zero attached hydrogens (tertiary/aromatic N) is 4. The molecule has 162 valence electrons. The van der Waals surface area contributed by atoms with Crippen LogP contribution in [0.15, 0.2) is 57.1 Å². The predicted octanol–water partition coefficient (Wildman–Crippen LogP) is 4.56. The monoisotopic (exact) mass is 481 g/mol. The quantitative estimate of drug-likeness (QED) is 0.360. The van der Waals surface area contributed by atoms with Gasteiger partial charge < -0.3 is 5.32 Å². The maximum Gasteiger partial charge on any atom is 0.273 e. The molecule has 0 atom stereocenters.